The Morgan fingerprint density at radius 3 is 2.37 bits per heavy atom. The van der Waals surface area contributed by atoms with E-state index < -0.39 is 5.97 Å². The van der Waals surface area contributed by atoms with Crippen molar-refractivity contribution in [2.45, 2.75) is 47.0 Å². The maximum atomic E-state index is 11.9. The number of amides is 2. The molecular weight excluding hydrogens is 244 g/mol. The van der Waals surface area contributed by atoms with E-state index in [2.05, 4.69) is 19.2 Å². The minimum Gasteiger partial charge on any atom is -0.481 e. The Morgan fingerprint density at radius 2 is 1.89 bits per heavy atom. The lowest BCUT2D eigenvalue weighted by Crippen LogP contribution is -2.42. The molecule has 0 aromatic rings. The van der Waals surface area contributed by atoms with Gasteiger partial charge in [0.15, 0.2) is 0 Å². The average Bonchev–Trinajstić information content (AvgIpc) is 2.39. The predicted molar refractivity (Wildman–Crippen MR) is 76.1 cm³/mol. The molecule has 2 unspecified atom stereocenters. The largest absolute Gasteiger partial charge is 0.481 e. The Kier molecular flexibility index (Phi) is 9.00. The molecule has 0 bridgehead atoms. The van der Waals surface area contributed by atoms with Crippen LogP contribution in [0, 0.1) is 11.8 Å². The van der Waals surface area contributed by atoms with Gasteiger partial charge in [-0.1, -0.05) is 27.2 Å². The number of nitrogens with one attached hydrogen (secondary N) is 1. The van der Waals surface area contributed by atoms with Gasteiger partial charge in [-0.25, -0.2) is 4.79 Å². The van der Waals surface area contributed by atoms with Gasteiger partial charge in [-0.05, 0) is 25.7 Å². The molecule has 5 nitrogen and oxygen atoms in total. The summed E-state index contributed by atoms with van der Waals surface area (Å²) in [5, 5.41) is 11.6. The summed E-state index contributed by atoms with van der Waals surface area (Å²) in [5.74, 6) is -0.629. The summed E-state index contributed by atoms with van der Waals surface area (Å²) in [4.78, 5) is 24.3. The first-order valence-electron chi connectivity index (χ1n) is 7.17. The fourth-order valence-electron chi connectivity index (χ4n) is 1.70. The monoisotopic (exact) mass is 272 g/mol. The van der Waals surface area contributed by atoms with E-state index in [0.29, 0.717) is 31.8 Å². The molecule has 0 aromatic heterocycles. The highest BCUT2D eigenvalue weighted by molar-refractivity contribution is 5.74. The number of carboxylic acids is 1. The lowest BCUT2D eigenvalue weighted by molar-refractivity contribution is -0.141. The first-order valence-corrected chi connectivity index (χ1v) is 7.17. The molecule has 19 heavy (non-hydrogen) atoms. The Balaban J connectivity index is 3.91. The van der Waals surface area contributed by atoms with E-state index in [0.717, 1.165) is 13.0 Å². The zero-order valence-corrected chi connectivity index (χ0v) is 12.6. The van der Waals surface area contributed by atoms with Crippen molar-refractivity contribution in [1.29, 1.82) is 0 Å². The fraction of sp³-hybridized carbons (Fsp3) is 0.857. The minimum absolute atomic E-state index is 0.0502. The SMILES string of the molecule is CCC(C)CN(CC)C(=O)NCCCC(C)C(=O)O. The Morgan fingerprint density at radius 1 is 1.26 bits per heavy atom. The molecule has 0 radical (unpaired) electrons. The van der Waals surface area contributed by atoms with E-state index in [1.54, 1.807) is 11.8 Å². The third-order valence-electron chi connectivity index (χ3n) is 3.41. The third-order valence-corrected chi connectivity index (χ3v) is 3.41. The molecule has 0 aliphatic carbocycles. The van der Waals surface area contributed by atoms with Crippen molar-refractivity contribution in [2.75, 3.05) is 19.6 Å². The number of carbonyl (C=O) groups excluding carboxylic acids is 1. The first-order chi connectivity index (χ1) is 8.92. The number of nitrogens with zero attached hydrogens (tertiary/aromatic N) is 1. The summed E-state index contributed by atoms with van der Waals surface area (Å²) < 4.78 is 0. The second-order valence-electron chi connectivity index (χ2n) is 5.17. The number of carbonyl (C=O) groups is 2. The second-order valence-corrected chi connectivity index (χ2v) is 5.17. The average molecular weight is 272 g/mol. The van der Waals surface area contributed by atoms with Crippen LogP contribution < -0.4 is 5.32 Å². The van der Waals surface area contributed by atoms with Crippen molar-refractivity contribution < 1.29 is 14.7 Å². The number of carboxylic acid groups (broad SMARTS) is 1. The van der Waals surface area contributed by atoms with Gasteiger partial charge in [0.2, 0.25) is 0 Å². The van der Waals surface area contributed by atoms with Crippen LogP contribution in [0.4, 0.5) is 4.79 Å². The molecule has 0 saturated heterocycles. The van der Waals surface area contributed by atoms with Crippen LogP contribution in [0.15, 0.2) is 0 Å². The fourth-order valence-corrected chi connectivity index (χ4v) is 1.70. The lowest BCUT2D eigenvalue weighted by Gasteiger charge is -2.24. The van der Waals surface area contributed by atoms with E-state index in [4.69, 9.17) is 5.11 Å². The number of hydrogen-bond donors (Lipinski definition) is 2. The molecule has 0 saturated carbocycles. The first kappa shape index (κ1) is 17.7. The highest BCUT2D eigenvalue weighted by Crippen LogP contribution is 2.06. The maximum absolute atomic E-state index is 11.9. The van der Waals surface area contributed by atoms with Crippen LogP contribution in [0.2, 0.25) is 0 Å². The van der Waals surface area contributed by atoms with Crippen LogP contribution in [-0.2, 0) is 4.79 Å². The molecule has 0 fully saturated rings. The predicted octanol–water partition coefficient (Wildman–Crippen LogP) is 2.56. The van der Waals surface area contributed by atoms with Gasteiger partial charge < -0.3 is 15.3 Å². The normalized spacial score (nSPS) is 13.7. The van der Waals surface area contributed by atoms with Gasteiger partial charge in [-0.3, -0.25) is 4.79 Å². The smallest absolute Gasteiger partial charge is 0.317 e. The third kappa shape index (κ3) is 7.70. The van der Waals surface area contributed by atoms with E-state index >= 15 is 0 Å². The molecule has 0 spiro atoms. The van der Waals surface area contributed by atoms with Gasteiger partial charge in [-0.15, -0.1) is 0 Å². The highest BCUT2D eigenvalue weighted by Gasteiger charge is 2.14. The Labute approximate surface area is 116 Å². The van der Waals surface area contributed by atoms with Crippen molar-refractivity contribution in [1.82, 2.24) is 10.2 Å². The van der Waals surface area contributed by atoms with Gasteiger partial charge in [-0.2, -0.15) is 0 Å². The number of rotatable bonds is 9. The molecular formula is C14H28N2O3. The van der Waals surface area contributed by atoms with Crippen LogP contribution in [-0.4, -0.2) is 41.6 Å². The number of hydrogen-bond acceptors (Lipinski definition) is 2. The van der Waals surface area contributed by atoms with E-state index in [9.17, 15) is 9.59 Å². The van der Waals surface area contributed by atoms with Crippen molar-refractivity contribution in [3.63, 3.8) is 0 Å². The lowest BCUT2D eigenvalue weighted by atomic mass is 10.1. The molecule has 0 aliphatic heterocycles. The van der Waals surface area contributed by atoms with Crippen LogP contribution >= 0.6 is 0 Å². The van der Waals surface area contributed by atoms with Crippen LogP contribution in [0.1, 0.15) is 47.0 Å². The van der Waals surface area contributed by atoms with E-state index in [1.165, 1.54) is 0 Å². The molecule has 2 N–H and O–H groups in total. The summed E-state index contributed by atoms with van der Waals surface area (Å²) in [6.45, 7) is 9.90. The number of urea groups is 1. The summed E-state index contributed by atoms with van der Waals surface area (Å²) in [5.41, 5.74) is 0. The van der Waals surface area contributed by atoms with E-state index in [1.807, 2.05) is 6.92 Å². The van der Waals surface area contributed by atoms with Crippen molar-refractivity contribution in [2.24, 2.45) is 11.8 Å². The summed E-state index contributed by atoms with van der Waals surface area (Å²) >= 11 is 0. The van der Waals surface area contributed by atoms with Crippen molar-refractivity contribution >= 4 is 12.0 Å². The van der Waals surface area contributed by atoms with Gasteiger partial charge in [0.1, 0.15) is 0 Å². The maximum Gasteiger partial charge on any atom is 0.317 e. The molecule has 0 rings (SSSR count). The van der Waals surface area contributed by atoms with Crippen LogP contribution in [0.25, 0.3) is 0 Å². The Hall–Kier alpha value is -1.26. The van der Waals surface area contributed by atoms with Gasteiger partial charge in [0.25, 0.3) is 0 Å². The second kappa shape index (κ2) is 9.64. The van der Waals surface area contributed by atoms with Gasteiger partial charge in [0, 0.05) is 19.6 Å². The molecule has 112 valence electrons. The molecule has 2 amide bonds. The summed E-state index contributed by atoms with van der Waals surface area (Å²) in [6, 6.07) is -0.0502. The highest BCUT2D eigenvalue weighted by atomic mass is 16.4. The minimum atomic E-state index is -0.779. The molecule has 0 aromatic carbocycles. The molecule has 5 heteroatoms. The van der Waals surface area contributed by atoms with Crippen LogP contribution in [0.5, 0.6) is 0 Å². The molecule has 0 aliphatic rings. The van der Waals surface area contributed by atoms with Crippen LogP contribution in [0.3, 0.4) is 0 Å². The summed E-state index contributed by atoms with van der Waals surface area (Å²) in [7, 11) is 0. The Bertz CT molecular complexity index is 282. The summed E-state index contributed by atoms with van der Waals surface area (Å²) in [6.07, 6.45) is 2.34. The van der Waals surface area contributed by atoms with Crippen molar-refractivity contribution in [3.8, 4) is 0 Å². The quantitative estimate of drug-likeness (QED) is 0.634. The van der Waals surface area contributed by atoms with Gasteiger partial charge in [0.05, 0.1) is 5.92 Å². The van der Waals surface area contributed by atoms with Gasteiger partial charge >= 0.3 is 12.0 Å². The number of aliphatic carboxylic acids is 1. The van der Waals surface area contributed by atoms with E-state index in [-0.39, 0.29) is 11.9 Å². The molecule has 0 heterocycles. The topological polar surface area (TPSA) is 69.6 Å². The zero-order valence-electron chi connectivity index (χ0n) is 12.6. The zero-order chi connectivity index (χ0) is 14.8. The molecule has 2 atom stereocenters. The standard InChI is InChI=1S/C14H28N2O3/c1-5-11(3)10-16(6-2)14(19)15-9-7-8-12(4)13(17)18/h11-12H,5-10H2,1-4H3,(H,15,19)(H,17,18). The van der Waals surface area contributed by atoms with Crippen molar-refractivity contribution in [3.05, 3.63) is 0 Å².